The van der Waals surface area contributed by atoms with E-state index in [9.17, 15) is 4.79 Å². The van der Waals surface area contributed by atoms with Crippen LogP contribution in [0.5, 0.6) is 5.75 Å². The number of hydrogen-bond donors (Lipinski definition) is 1. The molecule has 1 saturated heterocycles. The van der Waals surface area contributed by atoms with Gasteiger partial charge in [0.1, 0.15) is 11.4 Å². The van der Waals surface area contributed by atoms with Gasteiger partial charge in [-0.1, -0.05) is 0 Å². The SMILES string of the molecule is COc1ccc(N2CCCN(Cc3ccnc4[nH]ccc34)C2=O)cc1Br. The Labute approximate surface area is 159 Å². The van der Waals surface area contributed by atoms with Crippen LogP contribution in [0.4, 0.5) is 10.5 Å². The standard InChI is InChI=1S/C19H19BrN4O2/c1-26-17-4-3-14(11-16(17)20)24-10-2-9-23(19(24)25)12-13-5-7-21-18-15(13)6-8-22-18/h3-8,11H,2,9-10,12H2,1H3,(H,21,22). The summed E-state index contributed by atoms with van der Waals surface area (Å²) in [7, 11) is 1.63. The number of methoxy groups -OCH3 is 1. The summed E-state index contributed by atoms with van der Waals surface area (Å²) in [6.45, 7) is 2.04. The van der Waals surface area contributed by atoms with Gasteiger partial charge in [0.15, 0.2) is 0 Å². The molecular formula is C19H19BrN4O2. The molecule has 4 rings (SSSR count). The van der Waals surface area contributed by atoms with E-state index in [-0.39, 0.29) is 6.03 Å². The zero-order valence-corrected chi connectivity index (χ0v) is 16.0. The lowest BCUT2D eigenvalue weighted by Gasteiger charge is -2.36. The molecule has 2 amide bonds. The number of pyridine rings is 1. The molecule has 0 radical (unpaired) electrons. The predicted molar refractivity (Wildman–Crippen MR) is 105 cm³/mol. The first kappa shape index (κ1) is 16.9. The van der Waals surface area contributed by atoms with E-state index in [4.69, 9.17) is 4.74 Å². The summed E-state index contributed by atoms with van der Waals surface area (Å²) in [6.07, 6.45) is 4.58. The zero-order chi connectivity index (χ0) is 18.1. The second-order valence-corrected chi connectivity index (χ2v) is 7.09. The number of carbonyl (C=O) groups excluding carboxylic acids is 1. The molecule has 1 N–H and O–H groups in total. The molecule has 0 spiro atoms. The quantitative estimate of drug-likeness (QED) is 0.696. The van der Waals surface area contributed by atoms with Crippen LogP contribution in [0.3, 0.4) is 0 Å². The van der Waals surface area contributed by atoms with Gasteiger partial charge in [-0.15, -0.1) is 0 Å². The van der Waals surface area contributed by atoms with Crippen LogP contribution in [0.15, 0.2) is 47.2 Å². The van der Waals surface area contributed by atoms with Crippen LogP contribution in [-0.2, 0) is 6.54 Å². The maximum Gasteiger partial charge on any atom is 0.324 e. The van der Waals surface area contributed by atoms with Crippen LogP contribution in [0, 0.1) is 0 Å². The number of nitrogens with one attached hydrogen (secondary N) is 1. The number of H-pyrrole nitrogens is 1. The molecule has 0 unspecified atom stereocenters. The van der Waals surface area contributed by atoms with E-state index >= 15 is 0 Å². The van der Waals surface area contributed by atoms with Crippen molar-refractivity contribution in [3.63, 3.8) is 0 Å². The van der Waals surface area contributed by atoms with Crippen LogP contribution < -0.4 is 9.64 Å². The van der Waals surface area contributed by atoms with Gasteiger partial charge in [0.2, 0.25) is 0 Å². The zero-order valence-electron chi connectivity index (χ0n) is 14.4. The number of aromatic nitrogens is 2. The Hall–Kier alpha value is -2.54. The highest BCUT2D eigenvalue weighted by Crippen LogP contribution is 2.31. The van der Waals surface area contributed by atoms with Crippen LogP contribution in [0.2, 0.25) is 0 Å². The van der Waals surface area contributed by atoms with Gasteiger partial charge in [0, 0.05) is 43.1 Å². The summed E-state index contributed by atoms with van der Waals surface area (Å²) >= 11 is 3.50. The topological polar surface area (TPSA) is 61.5 Å². The molecule has 0 saturated carbocycles. The number of carbonyl (C=O) groups is 1. The first-order valence-electron chi connectivity index (χ1n) is 8.48. The number of benzene rings is 1. The number of amides is 2. The molecule has 0 atom stereocenters. The highest BCUT2D eigenvalue weighted by molar-refractivity contribution is 9.10. The molecule has 1 fully saturated rings. The highest BCUT2D eigenvalue weighted by atomic mass is 79.9. The normalized spacial score (nSPS) is 14.9. The molecule has 26 heavy (non-hydrogen) atoms. The average molecular weight is 415 g/mol. The van der Waals surface area contributed by atoms with Gasteiger partial charge in [-0.2, -0.15) is 0 Å². The van der Waals surface area contributed by atoms with E-state index in [1.165, 1.54) is 0 Å². The molecule has 3 heterocycles. The third-order valence-corrected chi connectivity index (χ3v) is 5.29. The number of aromatic amines is 1. The summed E-state index contributed by atoms with van der Waals surface area (Å²) in [5, 5.41) is 1.06. The van der Waals surface area contributed by atoms with Crippen LogP contribution in [-0.4, -0.2) is 41.1 Å². The van der Waals surface area contributed by atoms with E-state index < -0.39 is 0 Å². The van der Waals surface area contributed by atoms with Crippen LogP contribution >= 0.6 is 15.9 Å². The van der Waals surface area contributed by atoms with Crippen molar-refractivity contribution in [2.75, 3.05) is 25.1 Å². The van der Waals surface area contributed by atoms with E-state index in [1.807, 2.05) is 46.3 Å². The van der Waals surface area contributed by atoms with Gasteiger partial charge in [-0.25, -0.2) is 9.78 Å². The van der Waals surface area contributed by atoms with Crippen LogP contribution in [0.1, 0.15) is 12.0 Å². The lowest BCUT2D eigenvalue weighted by Crippen LogP contribution is -2.49. The number of urea groups is 1. The smallest absolute Gasteiger partial charge is 0.324 e. The van der Waals surface area contributed by atoms with Gasteiger partial charge >= 0.3 is 6.03 Å². The second-order valence-electron chi connectivity index (χ2n) is 6.24. The Morgan fingerprint density at radius 2 is 2.15 bits per heavy atom. The molecule has 2 aromatic heterocycles. The highest BCUT2D eigenvalue weighted by Gasteiger charge is 2.27. The average Bonchev–Trinajstić information content (AvgIpc) is 3.13. The van der Waals surface area contributed by atoms with Crippen molar-refractivity contribution in [1.82, 2.24) is 14.9 Å². The third-order valence-electron chi connectivity index (χ3n) is 4.67. The van der Waals surface area contributed by atoms with Gasteiger partial charge in [0.05, 0.1) is 11.6 Å². The van der Waals surface area contributed by atoms with Gasteiger partial charge in [0.25, 0.3) is 0 Å². The lowest BCUT2D eigenvalue weighted by atomic mass is 10.1. The Bertz CT molecular complexity index is 956. The number of anilines is 1. The van der Waals surface area contributed by atoms with Crippen molar-refractivity contribution in [3.8, 4) is 5.75 Å². The Balaban J connectivity index is 1.58. The molecule has 0 aliphatic carbocycles. The van der Waals surface area contributed by atoms with Crippen LogP contribution in [0.25, 0.3) is 11.0 Å². The minimum atomic E-state index is 0.0221. The van der Waals surface area contributed by atoms with Gasteiger partial charge in [-0.05, 0) is 58.2 Å². The fourth-order valence-electron chi connectivity index (χ4n) is 3.35. The minimum Gasteiger partial charge on any atom is -0.496 e. The molecule has 3 aromatic rings. The molecule has 134 valence electrons. The first-order chi connectivity index (χ1) is 12.7. The molecular weight excluding hydrogens is 396 g/mol. The number of hydrogen-bond acceptors (Lipinski definition) is 3. The summed E-state index contributed by atoms with van der Waals surface area (Å²) in [5.74, 6) is 0.752. The third kappa shape index (κ3) is 3.03. The first-order valence-corrected chi connectivity index (χ1v) is 9.27. The fourth-order valence-corrected chi connectivity index (χ4v) is 3.88. The summed E-state index contributed by atoms with van der Waals surface area (Å²) in [6, 6.07) is 9.72. The predicted octanol–water partition coefficient (Wildman–Crippen LogP) is 4.17. The molecule has 1 aromatic carbocycles. The molecule has 1 aliphatic heterocycles. The monoisotopic (exact) mass is 414 g/mol. The lowest BCUT2D eigenvalue weighted by molar-refractivity contribution is 0.192. The van der Waals surface area contributed by atoms with Gasteiger partial charge < -0.3 is 14.6 Å². The Morgan fingerprint density at radius 3 is 2.96 bits per heavy atom. The van der Waals surface area contributed by atoms with E-state index in [2.05, 4.69) is 25.9 Å². The summed E-state index contributed by atoms with van der Waals surface area (Å²) < 4.78 is 6.12. The summed E-state index contributed by atoms with van der Waals surface area (Å²) in [5.41, 5.74) is 2.82. The summed E-state index contributed by atoms with van der Waals surface area (Å²) in [4.78, 5) is 24.2. The van der Waals surface area contributed by atoms with Gasteiger partial charge in [-0.3, -0.25) is 4.90 Å². The fraction of sp³-hybridized carbons (Fsp3) is 0.263. The minimum absolute atomic E-state index is 0.0221. The molecule has 7 heteroatoms. The largest absolute Gasteiger partial charge is 0.496 e. The Kier molecular flexibility index (Phi) is 4.55. The number of fused-ring (bicyclic) bond motifs is 1. The van der Waals surface area contributed by atoms with Crippen molar-refractivity contribution in [2.24, 2.45) is 0 Å². The van der Waals surface area contributed by atoms with E-state index in [1.54, 1.807) is 13.3 Å². The van der Waals surface area contributed by atoms with Crippen molar-refractivity contribution in [3.05, 3.63) is 52.8 Å². The molecule has 0 bridgehead atoms. The number of rotatable bonds is 4. The van der Waals surface area contributed by atoms with E-state index in [0.717, 1.165) is 45.5 Å². The number of ether oxygens (including phenoxy) is 1. The van der Waals surface area contributed by atoms with Crippen molar-refractivity contribution in [1.29, 1.82) is 0 Å². The number of halogens is 1. The second kappa shape index (κ2) is 6.99. The maximum atomic E-state index is 13.1. The molecule has 1 aliphatic rings. The maximum absolute atomic E-state index is 13.1. The Morgan fingerprint density at radius 1 is 1.27 bits per heavy atom. The van der Waals surface area contributed by atoms with Crippen molar-refractivity contribution < 1.29 is 9.53 Å². The number of nitrogens with zero attached hydrogens (tertiary/aromatic N) is 3. The van der Waals surface area contributed by atoms with Crippen molar-refractivity contribution >= 4 is 38.7 Å². The van der Waals surface area contributed by atoms with Crippen molar-refractivity contribution in [2.45, 2.75) is 13.0 Å². The molecule has 6 nitrogen and oxygen atoms in total. The van der Waals surface area contributed by atoms with E-state index in [0.29, 0.717) is 13.1 Å².